The largest absolute Gasteiger partial charge is 0.399 e. The van der Waals surface area contributed by atoms with E-state index < -0.39 is 20.7 Å². The van der Waals surface area contributed by atoms with Crippen molar-refractivity contribution in [2.45, 2.75) is 19.4 Å². The molecule has 0 bridgehead atoms. The standard InChI is InChI=1S/C16H32N3O8P/c1-4-9-25-28(26-11-7-18-16(22)17-6-8-20)27-13-15(19-23-3)12-24-10-5-14(2)21/h4,14,20-21H,1,5-13H2,2-3H3,(H2,17,18,22)/t14-,28?/m1/s1. The van der Waals surface area contributed by atoms with Crippen molar-refractivity contribution in [1.29, 1.82) is 0 Å². The Morgan fingerprint density at radius 3 is 2.61 bits per heavy atom. The monoisotopic (exact) mass is 425 g/mol. The van der Waals surface area contributed by atoms with E-state index in [1.165, 1.54) is 7.11 Å². The lowest BCUT2D eigenvalue weighted by molar-refractivity contribution is 0.105. The summed E-state index contributed by atoms with van der Waals surface area (Å²) in [4.78, 5) is 16.1. The molecule has 0 saturated heterocycles. The second-order valence-electron chi connectivity index (χ2n) is 5.35. The first-order valence-electron chi connectivity index (χ1n) is 8.80. The molecule has 0 rings (SSSR count). The number of hydrogen-bond donors (Lipinski definition) is 4. The van der Waals surface area contributed by atoms with Crippen molar-refractivity contribution in [2.75, 3.05) is 59.8 Å². The zero-order chi connectivity index (χ0) is 21.0. The van der Waals surface area contributed by atoms with E-state index in [9.17, 15) is 9.90 Å². The van der Waals surface area contributed by atoms with Gasteiger partial charge in [-0.1, -0.05) is 11.2 Å². The molecule has 0 aromatic carbocycles. The first-order chi connectivity index (χ1) is 13.5. The molecule has 12 heteroatoms. The number of hydrogen-bond acceptors (Lipinski definition) is 9. The Balaban J connectivity index is 4.25. The lowest BCUT2D eigenvalue weighted by Gasteiger charge is -2.17. The minimum absolute atomic E-state index is 0.0653. The molecule has 4 N–H and O–H groups in total. The molecule has 0 fully saturated rings. The number of ether oxygens (including phenoxy) is 1. The number of amides is 2. The third-order valence-electron chi connectivity index (χ3n) is 2.79. The fourth-order valence-corrected chi connectivity index (χ4v) is 2.48. The normalized spacial score (nSPS) is 13.6. The van der Waals surface area contributed by atoms with Crippen LogP contribution in [0.1, 0.15) is 13.3 Å². The molecule has 0 spiro atoms. The topological polar surface area (TPSA) is 140 Å². The number of aliphatic hydroxyl groups excluding tert-OH is 2. The van der Waals surface area contributed by atoms with Gasteiger partial charge in [-0.05, 0) is 13.3 Å². The van der Waals surface area contributed by atoms with Gasteiger partial charge >= 0.3 is 14.6 Å². The van der Waals surface area contributed by atoms with Crippen LogP contribution in [-0.4, -0.2) is 87.9 Å². The molecular weight excluding hydrogens is 393 g/mol. The number of carbonyl (C=O) groups is 1. The molecule has 0 aliphatic heterocycles. The molecule has 28 heavy (non-hydrogen) atoms. The van der Waals surface area contributed by atoms with Crippen molar-refractivity contribution >= 4 is 20.3 Å². The first-order valence-corrected chi connectivity index (χ1v) is 9.90. The van der Waals surface area contributed by atoms with Gasteiger partial charge in [-0.3, -0.25) is 0 Å². The Bertz CT molecular complexity index is 440. The van der Waals surface area contributed by atoms with Crippen molar-refractivity contribution in [2.24, 2.45) is 5.16 Å². The van der Waals surface area contributed by atoms with Gasteiger partial charge < -0.3 is 44.0 Å². The maximum Gasteiger partial charge on any atom is 0.333 e. The summed E-state index contributed by atoms with van der Waals surface area (Å²) in [5, 5.41) is 26.7. The number of carbonyl (C=O) groups excluding carboxylic acids is 1. The van der Waals surface area contributed by atoms with E-state index in [-0.39, 0.29) is 46.1 Å². The minimum atomic E-state index is -1.70. The molecule has 0 aliphatic rings. The Morgan fingerprint density at radius 1 is 1.21 bits per heavy atom. The van der Waals surface area contributed by atoms with Crippen LogP contribution in [0, 0.1) is 0 Å². The SMILES string of the molecule is C=CCOP(OCCNC(=O)NCCO)OCC(COCC[C@@H](C)O)=NOC. The number of nitrogens with zero attached hydrogens (tertiary/aromatic N) is 1. The van der Waals surface area contributed by atoms with Crippen LogP contribution in [0.3, 0.4) is 0 Å². The van der Waals surface area contributed by atoms with E-state index in [4.69, 9.17) is 28.3 Å². The molecule has 11 nitrogen and oxygen atoms in total. The first kappa shape index (κ1) is 26.7. The van der Waals surface area contributed by atoms with E-state index in [1.54, 1.807) is 13.0 Å². The molecule has 0 aliphatic carbocycles. The third-order valence-corrected chi connectivity index (χ3v) is 3.88. The second-order valence-corrected chi connectivity index (χ2v) is 6.57. The number of nitrogens with one attached hydrogen (secondary N) is 2. The van der Waals surface area contributed by atoms with Crippen LogP contribution in [0.2, 0.25) is 0 Å². The van der Waals surface area contributed by atoms with Crippen molar-refractivity contribution in [3.05, 3.63) is 12.7 Å². The number of rotatable bonds is 18. The summed E-state index contributed by atoms with van der Waals surface area (Å²) in [5.41, 5.74) is 0.493. The average Bonchev–Trinajstić information content (AvgIpc) is 2.67. The highest BCUT2D eigenvalue weighted by atomic mass is 31.2. The maximum absolute atomic E-state index is 11.4. The molecule has 1 unspecified atom stereocenters. The van der Waals surface area contributed by atoms with Gasteiger partial charge in [0.15, 0.2) is 0 Å². The van der Waals surface area contributed by atoms with Crippen molar-refractivity contribution in [3.8, 4) is 0 Å². The summed E-state index contributed by atoms with van der Waals surface area (Å²) in [6.45, 7) is 6.55. The van der Waals surface area contributed by atoms with Crippen molar-refractivity contribution < 1.29 is 38.2 Å². The molecule has 0 radical (unpaired) electrons. The lowest BCUT2D eigenvalue weighted by Crippen LogP contribution is -2.38. The molecule has 0 saturated carbocycles. The van der Waals surface area contributed by atoms with Gasteiger partial charge in [0.1, 0.15) is 12.8 Å². The molecule has 2 amide bonds. The van der Waals surface area contributed by atoms with Gasteiger partial charge in [0.25, 0.3) is 0 Å². The smallest absolute Gasteiger partial charge is 0.333 e. The van der Waals surface area contributed by atoms with E-state index in [1.807, 2.05) is 0 Å². The summed E-state index contributed by atoms with van der Waals surface area (Å²) < 4.78 is 21.9. The van der Waals surface area contributed by atoms with Crippen molar-refractivity contribution in [1.82, 2.24) is 10.6 Å². The van der Waals surface area contributed by atoms with E-state index in [0.717, 1.165) is 0 Å². The van der Waals surface area contributed by atoms with Crippen LogP contribution in [-0.2, 0) is 23.1 Å². The molecular formula is C16H32N3O8P. The summed E-state index contributed by atoms with van der Waals surface area (Å²) in [6, 6.07) is -0.404. The van der Waals surface area contributed by atoms with E-state index >= 15 is 0 Å². The van der Waals surface area contributed by atoms with Crippen LogP contribution >= 0.6 is 8.60 Å². The molecule has 0 heterocycles. The quantitative estimate of drug-likeness (QED) is 0.0820. The number of oxime groups is 1. The van der Waals surface area contributed by atoms with Gasteiger partial charge in [0.05, 0.1) is 39.1 Å². The predicted octanol–water partition coefficient (Wildman–Crippen LogP) is 0.531. The Kier molecular flexibility index (Phi) is 18.1. The maximum atomic E-state index is 11.4. The summed E-state index contributed by atoms with van der Waals surface area (Å²) in [7, 11) is -0.282. The molecule has 164 valence electrons. The van der Waals surface area contributed by atoms with Crippen LogP contribution in [0.5, 0.6) is 0 Å². The Labute approximate surface area is 167 Å². The van der Waals surface area contributed by atoms with E-state index in [2.05, 4.69) is 22.4 Å². The van der Waals surface area contributed by atoms with Crippen molar-refractivity contribution in [3.63, 3.8) is 0 Å². The molecule has 0 aromatic rings. The highest BCUT2D eigenvalue weighted by Gasteiger charge is 2.15. The zero-order valence-corrected chi connectivity index (χ0v) is 17.4. The van der Waals surface area contributed by atoms with Crippen LogP contribution in [0.25, 0.3) is 0 Å². The third kappa shape index (κ3) is 16.8. The van der Waals surface area contributed by atoms with Gasteiger partial charge in [-0.15, -0.1) is 6.58 Å². The summed E-state index contributed by atoms with van der Waals surface area (Å²) >= 11 is 0. The highest BCUT2D eigenvalue weighted by molar-refractivity contribution is 7.41. The van der Waals surface area contributed by atoms with Gasteiger partial charge in [0.2, 0.25) is 0 Å². The van der Waals surface area contributed by atoms with Gasteiger partial charge in [0, 0.05) is 19.7 Å². The van der Waals surface area contributed by atoms with Gasteiger partial charge in [-0.2, -0.15) is 0 Å². The zero-order valence-electron chi connectivity index (χ0n) is 16.5. The average molecular weight is 425 g/mol. The Morgan fingerprint density at radius 2 is 1.96 bits per heavy atom. The summed E-state index contributed by atoms with van der Waals surface area (Å²) in [6.07, 6.45) is 1.64. The minimum Gasteiger partial charge on any atom is -0.399 e. The van der Waals surface area contributed by atoms with Crippen LogP contribution in [0.15, 0.2) is 17.8 Å². The Hall–Kier alpha value is -1.33. The fourth-order valence-electron chi connectivity index (χ4n) is 1.54. The number of aliphatic hydroxyl groups is 2. The lowest BCUT2D eigenvalue weighted by atomic mass is 10.3. The van der Waals surface area contributed by atoms with Crippen LogP contribution in [0.4, 0.5) is 4.79 Å². The van der Waals surface area contributed by atoms with E-state index in [0.29, 0.717) is 18.7 Å². The predicted molar refractivity (Wildman–Crippen MR) is 105 cm³/mol. The second kappa shape index (κ2) is 19.0. The fraction of sp³-hybridized carbons (Fsp3) is 0.750. The highest BCUT2D eigenvalue weighted by Crippen LogP contribution is 2.39. The number of urea groups is 1. The van der Waals surface area contributed by atoms with Gasteiger partial charge in [-0.25, -0.2) is 4.79 Å². The molecule has 2 atom stereocenters. The summed E-state index contributed by atoms with van der Waals surface area (Å²) in [5.74, 6) is 0. The molecule has 0 aromatic heterocycles. The van der Waals surface area contributed by atoms with Crippen LogP contribution < -0.4 is 10.6 Å².